The fourth-order valence-electron chi connectivity index (χ4n) is 6.73. The molecule has 0 saturated carbocycles. The summed E-state index contributed by atoms with van der Waals surface area (Å²) in [5.74, 6) is 0. The van der Waals surface area contributed by atoms with Gasteiger partial charge >= 0.3 is 0 Å². The van der Waals surface area contributed by atoms with Gasteiger partial charge in [0.2, 0.25) is 0 Å². The van der Waals surface area contributed by atoms with Crippen molar-refractivity contribution in [1.29, 1.82) is 0 Å². The number of rotatable bonds is 8. The van der Waals surface area contributed by atoms with Gasteiger partial charge in [-0.1, -0.05) is 68.3 Å². The quantitative estimate of drug-likeness (QED) is 0.193. The van der Waals surface area contributed by atoms with Crippen molar-refractivity contribution in [2.75, 3.05) is 39.3 Å². The van der Waals surface area contributed by atoms with Gasteiger partial charge in [-0.3, -0.25) is 9.80 Å². The Morgan fingerprint density at radius 2 is 0.881 bits per heavy atom. The van der Waals surface area contributed by atoms with Crippen molar-refractivity contribution in [1.82, 2.24) is 18.9 Å². The van der Waals surface area contributed by atoms with Crippen molar-refractivity contribution in [3.63, 3.8) is 0 Å². The lowest BCUT2D eigenvalue weighted by Gasteiger charge is -2.36. The largest absolute Gasteiger partial charge is 0.390 e. The Labute approximate surface area is 262 Å². The van der Waals surface area contributed by atoms with E-state index in [2.05, 4.69) is 136 Å². The molecule has 6 aromatic rings. The predicted octanol–water partition coefficient (Wildman–Crippen LogP) is 6.47. The van der Waals surface area contributed by atoms with Gasteiger partial charge in [0.05, 0.1) is 25.3 Å². The average molecular weight is 690 g/mol. The zero-order chi connectivity index (χ0) is 28.8. The summed E-state index contributed by atoms with van der Waals surface area (Å²) in [6.07, 6.45) is -0.944. The van der Waals surface area contributed by atoms with Crippen molar-refractivity contribution in [2.45, 2.75) is 25.3 Å². The minimum Gasteiger partial charge on any atom is -0.390 e. The van der Waals surface area contributed by atoms with Crippen molar-refractivity contribution in [3.05, 3.63) is 93.9 Å². The molecular formula is C34H34Br2N4O2. The second-order valence-electron chi connectivity index (χ2n) is 11.5. The first-order valence-corrected chi connectivity index (χ1v) is 16.2. The number of para-hydroxylation sites is 2. The Hall–Kier alpha value is -2.72. The first-order chi connectivity index (χ1) is 20.4. The number of β-amino-alcohol motifs (C(OH)–C–C–N with tert-alkyl or cyclic N) is 2. The van der Waals surface area contributed by atoms with Crippen LogP contribution in [-0.2, 0) is 13.1 Å². The molecule has 8 heteroatoms. The Morgan fingerprint density at radius 3 is 1.31 bits per heavy atom. The van der Waals surface area contributed by atoms with Crippen LogP contribution in [0, 0.1) is 0 Å². The monoisotopic (exact) mass is 688 g/mol. The molecule has 0 radical (unpaired) electrons. The number of aromatic nitrogens is 2. The number of hydrogen-bond acceptors (Lipinski definition) is 4. The van der Waals surface area contributed by atoms with Crippen molar-refractivity contribution in [3.8, 4) is 0 Å². The van der Waals surface area contributed by atoms with E-state index in [1.165, 1.54) is 32.6 Å². The molecule has 216 valence electrons. The molecule has 42 heavy (non-hydrogen) atoms. The second kappa shape index (κ2) is 11.8. The van der Waals surface area contributed by atoms with Gasteiger partial charge in [0, 0.05) is 91.8 Å². The third-order valence-corrected chi connectivity index (χ3v) is 9.64. The third kappa shape index (κ3) is 5.41. The maximum atomic E-state index is 11.2. The van der Waals surface area contributed by atoms with Crippen LogP contribution >= 0.6 is 31.9 Å². The van der Waals surface area contributed by atoms with E-state index in [1.807, 2.05) is 0 Å². The lowest BCUT2D eigenvalue weighted by Crippen LogP contribution is -2.50. The number of halogens is 2. The third-order valence-electron chi connectivity index (χ3n) is 8.66. The summed E-state index contributed by atoms with van der Waals surface area (Å²) < 4.78 is 6.60. The first kappa shape index (κ1) is 28.1. The van der Waals surface area contributed by atoms with E-state index in [0.717, 1.165) is 46.2 Å². The van der Waals surface area contributed by atoms with Gasteiger partial charge in [0.1, 0.15) is 0 Å². The van der Waals surface area contributed by atoms with Crippen LogP contribution in [0.4, 0.5) is 0 Å². The molecule has 7 rings (SSSR count). The van der Waals surface area contributed by atoms with E-state index < -0.39 is 12.2 Å². The summed E-state index contributed by atoms with van der Waals surface area (Å²) in [6.45, 7) is 5.91. The van der Waals surface area contributed by atoms with Crippen LogP contribution in [-0.4, -0.2) is 80.6 Å². The maximum Gasteiger partial charge on any atom is 0.0845 e. The molecule has 0 bridgehead atoms. The molecule has 1 aliphatic rings. The van der Waals surface area contributed by atoms with E-state index in [1.54, 1.807) is 0 Å². The number of aliphatic hydroxyl groups is 2. The van der Waals surface area contributed by atoms with Gasteiger partial charge in [-0.05, 0) is 48.5 Å². The van der Waals surface area contributed by atoms with Gasteiger partial charge in [-0.25, -0.2) is 0 Å². The Balaban J connectivity index is 0.975. The van der Waals surface area contributed by atoms with Crippen molar-refractivity contribution < 1.29 is 10.2 Å². The maximum absolute atomic E-state index is 11.2. The van der Waals surface area contributed by atoms with Gasteiger partial charge in [0.15, 0.2) is 0 Å². The Kier molecular flexibility index (Phi) is 7.86. The minimum absolute atomic E-state index is 0.461. The lowest BCUT2D eigenvalue weighted by atomic mass is 10.2. The van der Waals surface area contributed by atoms with E-state index in [0.29, 0.717) is 26.2 Å². The smallest absolute Gasteiger partial charge is 0.0845 e. The van der Waals surface area contributed by atoms with Crippen LogP contribution in [0.2, 0.25) is 0 Å². The van der Waals surface area contributed by atoms with Crippen LogP contribution in [0.25, 0.3) is 43.6 Å². The number of fused-ring (bicyclic) bond motifs is 6. The summed E-state index contributed by atoms with van der Waals surface area (Å²) in [4.78, 5) is 4.70. The molecule has 0 spiro atoms. The van der Waals surface area contributed by atoms with Gasteiger partial charge in [0.25, 0.3) is 0 Å². The topological polar surface area (TPSA) is 56.8 Å². The molecule has 6 nitrogen and oxygen atoms in total. The van der Waals surface area contributed by atoms with E-state index >= 15 is 0 Å². The molecule has 2 N–H and O–H groups in total. The zero-order valence-electron chi connectivity index (χ0n) is 23.3. The number of aliphatic hydroxyl groups excluding tert-OH is 2. The predicted molar refractivity (Wildman–Crippen MR) is 179 cm³/mol. The lowest BCUT2D eigenvalue weighted by molar-refractivity contribution is 0.0415. The van der Waals surface area contributed by atoms with Crippen LogP contribution in [0.1, 0.15) is 0 Å². The summed E-state index contributed by atoms with van der Waals surface area (Å²) in [5.41, 5.74) is 4.60. The van der Waals surface area contributed by atoms with E-state index in [4.69, 9.17) is 0 Å². The highest BCUT2D eigenvalue weighted by atomic mass is 79.9. The molecule has 1 fully saturated rings. The fraction of sp³-hybridized carbons (Fsp3) is 0.294. The molecular weight excluding hydrogens is 656 g/mol. The van der Waals surface area contributed by atoms with Crippen LogP contribution in [0.3, 0.4) is 0 Å². The fourth-order valence-corrected chi connectivity index (χ4v) is 7.45. The summed E-state index contributed by atoms with van der Waals surface area (Å²) >= 11 is 7.24. The van der Waals surface area contributed by atoms with E-state index in [-0.39, 0.29) is 0 Å². The highest BCUT2D eigenvalue weighted by molar-refractivity contribution is 9.10. The molecule has 2 atom stereocenters. The van der Waals surface area contributed by atoms with Gasteiger partial charge in [-0.2, -0.15) is 0 Å². The molecule has 4 aromatic carbocycles. The first-order valence-electron chi connectivity index (χ1n) is 14.6. The Bertz CT molecular complexity index is 1780. The SMILES string of the molecule is OC(CN1CCN(CC(O)Cn2c3ccc(Br)cc3c3cc(Br)ccc32)CC1)Cn1c2ccccc2c2ccccc21. The molecule has 0 amide bonds. The van der Waals surface area contributed by atoms with Crippen LogP contribution in [0.5, 0.6) is 0 Å². The zero-order valence-corrected chi connectivity index (χ0v) is 26.5. The molecule has 3 heterocycles. The number of nitrogens with zero attached hydrogens (tertiary/aromatic N) is 4. The molecule has 1 aliphatic heterocycles. The van der Waals surface area contributed by atoms with E-state index in [9.17, 15) is 10.2 Å². The summed E-state index contributed by atoms with van der Waals surface area (Å²) in [5, 5.41) is 27.1. The second-order valence-corrected chi connectivity index (χ2v) is 13.3. The molecule has 1 saturated heterocycles. The number of benzene rings is 4. The van der Waals surface area contributed by atoms with Crippen molar-refractivity contribution >= 4 is 75.5 Å². The molecule has 2 aromatic heterocycles. The average Bonchev–Trinajstić information content (AvgIpc) is 3.46. The summed E-state index contributed by atoms with van der Waals surface area (Å²) in [6, 6.07) is 29.6. The molecule has 2 unspecified atom stereocenters. The number of piperazine rings is 1. The highest BCUT2D eigenvalue weighted by Crippen LogP contribution is 2.33. The Morgan fingerprint density at radius 1 is 0.500 bits per heavy atom. The van der Waals surface area contributed by atoms with Crippen molar-refractivity contribution in [2.24, 2.45) is 0 Å². The minimum atomic E-state index is -0.483. The molecule has 0 aliphatic carbocycles. The summed E-state index contributed by atoms with van der Waals surface area (Å²) in [7, 11) is 0. The van der Waals surface area contributed by atoms with Crippen LogP contribution in [0.15, 0.2) is 93.9 Å². The normalized spacial score (nSPS) is 16.7. The number of hydrogen-bond donors (Lipinski definition) is 2. The standard InChI is InChI=1S/C34H34Br2N4O2/c35-23-9-11-33-29(17-23)30-18-24(36)10-12-34(30)40(33)22-26(42)20-38-15-13-37(14-16-38)19-25(41)21-39-31-7-3-1-5-27(31)28-6-2-4-8-32(28)39/h1-12,17-18,25-26,41-42H,13-16,19-22H2. The van der Waals surface area contributed by atoms with Gasteiger partial charge < -0.3 is 19.3 Å². The van der Waals surface area contributed by atoms with Crippen LogP contribution < -0.4 is 0 Å². The highest BCUT2D eigenvalue weighted by Gasteiger charge is 2.23. The van der Waals surface area contributed by atoms with Gasteiger partial charge in [-0.15, -0.1) is 0 Å².